The maximum atomic E-state index is 13.6. The topological polar surface area (TPSA) is 45.7 Å². The Labute approximate surface area is 136 Å². The molecule has 0 bridgehead atoms. The van der Waals surface area contributed by atoms with Crippen molar-refractivity contribution in [2.75, 3.05) is 19.7 Å². The lowest BCUT2D eigenvalue weighted by Crippen LogP contribution is -2.39. The molecule has 0 aliphatic rings. The van der Waals surface area contributed by atoms with Gasteiger partial charge in [-0.1, -0.05) is 36.4 Å². The van der Waals surface area contributed by atoms with E-state index in [2.05, 4.69) is 15.6 Å². The van der Waals surface area contributed by atoms with Crippen molar-refractivity contribution in [1.82, 2.24) is 10.6 Å². The molecule has 0 spiro atoms. The Kier molecular flexibility index (Phi) is 6.91. The second kappa shape index (κ2) is 9.46. The van der Waals surface area contributed by atoms with Crippen molar-refractivity contribution in [3.63, 3.8) is 0 Å². The van der Waals surface area contributed by atoms with E-state index in [-0.39, 0.29) is 5.82 Å². The van der Waals surface area contributed by atoms with Crippen LogP contribution < -0.4 is 15.4 Å². The number of hydrogen-bond donors (Lipinski definition) is 2. The maximum Gasteiger partial charge on any atom is 0.191 e. The fraction of sp³-hybridized carbons (Fsp3) is 0.278. The molecule has 0 fully saturated rings. The van der Waals surface area contributed by atoms with Crippen LogP contribution in [0.15, 0.2) is 59.6 Å². The standard InChI is InChI=1S/C18H22FN3O/c1-2-20-18(22-14-15-8-6-7-11-17(15)19)21-12-13-23-16-9-4-3-5-10-16/h3-11H,2,12-14H2,1H3,(H2,20,21,22). The van der Waals surface area contributed by atoms with E-state index < -0.39 is 0 Å². The van der Waals surface area contributed by atoms with E-state index in [4.69, 9.17) is 4.74 Å². The van der Waals surface area contributed by atoms with Gasteiger partial charge in [0, 0.05) is 12.1 Å². The predicted molar refractivity (Wildman–Crippen MR) is 91.2 cm³/mol. The smallest absolute Gasteiger partial charge is 0.191 e. The molecule has 0 unspecified atom stereocenters. The van der Waals surface area contributed by atoms with Crippen molar-refractivity contribution in [1.29, 1.82) is 0 Å². The van der Waals surface area contributed by atoms with Gasteiger partial charge in [-0.3, -0.25) is 0 Å². The molecular weight excluding hydrogens is 293 g/mol. The van der Waals surface area contributed by atoms with E-state index in [1.807, 2.05) is 43.3 Å². The van der Waals surface area contributed by atoms with Crippen molar-refractivity contribution in [2.24, 2.45) is 4.99 Å². The number of ether oxygens (including phenoxy) is 1. The number of rotatable bonds is 7. The summed E-state index contributed by atoms with van der Waals surface area (Å²) in [5, 5.41) is 6.30. The van der Waals surface area contributed by atoms with Crippen molar-refractivity contribution in [2.45, 2.75) is 13.5 Å². The molecule has 0 aliphatic heterocycles. The van der Waals surface area contributed by atoms with Crippen molar-refractivity contribution < 1.29 is 9.13 Å². The Hall–Kier alpha value is -2.56. The molecular formula is C18H22FN3O. The van der Waals surface area contributed by atoms with Crippen LogP contribution in [0.3, 0.4) is 0 Å². The minimum atomic E-state index is -0.237. The number of para-hydroxylation sites is 1. The summed E-state index contributed by atoms with van der Waals surface area (Å²) in [7, 11) is 0. The van der Waals surface area contributed by atoms with Gasteiger partial charge in [0.2, 0.25) is 0 Å². The van der Waals surface area contributed by atoms with Crippen molar-refractivity contribution >= 4 is 5.96 Å². The summed E-state index contributed by atoms with van der Waals surface area (Å²) in [6, 6.07) is 16.3. The highest BCUT2D eigenvalue weighted by molar-refractivity contribution is 5.79. The van der Waals surface area contributed by atoms with Gasteiger partial charge < -0.3 is 15.4 Å². The minimum absolute atomic E-state index is 0.237. The van der Waals surface area contributed by atoms with Crippen LogP contribution in [0.25, 0.3) is 0 Å². The molecule has 0 aromatic heterocycles. The number of nitrogens with zero attached hydrogens (tertiary/aromatic N) is 1. The molecule has 2 N–H and O–H groups in total. The Morgan fingerprint density at radius 3 is 2.52 bits per heavy atom. The molecule has 2 aromatic rings. The van der Waals surface area contributed by atoms with Gasteiger partial charge in [0.25, 0.3) is 0 Å². The summed E-state index contributed by atoms with van der Waals surface area (Å²) in [6.45, 7) is 4.15. The van der Waals surface area contributed by atoms with Crippen LogP contribution in [0.2, 0.25) is 0 Å². The van der Waals surface area contributed by atoms with Crippen LogP contribution in [0, 0.1) is 5.82 Å². The molecule has 2 aromatic carbocycles. The molecule has 4 nitrogen and oxygen atoms in total. The highest BCUT2D eigenvalue weighted by Gasteiger charge is 2.01. The normalized spacial score (nSPS) is 11.1. The molecule has 23 heavy (non-hydrogen) atoms. The maximum absolute atomic E-state index is 13.6. The third-order valence-corrected chi connectivity index (χ3v) is 3.12. The molecule has 122 valence electrons. The first kappa shape index (κ1) is 16.8. The van der Waals surface area contributed by atoms with E-state index in [0.717, 1.165) is 12.3 Å². The number of hydrogen-bond acceptors (Lipinski definition) is 2. The Bertz CT molecular complexity index is 617. The molecule has 0 heterocycles. The number of halogens is 1. The first-order chi connectivity index (χ1) is 11.3. The van der Waals surface area contributed by atoms with Gasteiger partial charge in [0.1, 0.15) is 18.2 Å². The summed E-state index contributed by atoms with van der Waals surface area (Å²) in [5.74, 6) is 1.24. The lowest BCUT2D eigenvalue weighted by molar-refractivity contribution is 0.322. The summed E-state index contributed by atoms with van der Waals surface area (Å²) in [6.07, 6.45) is 0. The number of benzene rings is 2. The molecule has 0 aliphatic carbocycles. The first-order valence-electron chi connectivity index (χ1n) is 7.73. The quantitative estimate of drug-likeness (QED) is 0.469. The van der Waals surface area contributed by atoms with Crippen LogP contribution in [-0.4, -0.2) is 25.7 Å². The van der Waals surface area contributed by atoms with Crippen LogP contribution >= 0.6 is 0 Å². The second-order valence-corrected chi connectivity index (χ2v) is 4.87. The van der Waals surface area contributed by atoms with E-state index in [9.17, 15) is 4.39 Å². The lowest BCUT2D eigenvalue weighted by atomic mass is 10.2. The van der Waals surface area contributed by atoms with Gasteiger partial charge >= 0.3 is 0 Å². The van der Waals surface area contributed by atoms with Gasteiger partial charge in [0.05, 0.1) is 13.1 Å². The number of aliphatic imine (C=N–C) groups is 1. The Morgan fingerprint density at radius 1 is 1.04 bits per heavy atom. The highest BCUT2D eigenvalue weighted by Crippen LogP contribution is 2.08. The third kappa shape index (κ3) is 5.98. The zero-order valence-electron chi connectivity index (χ0n) is 13.3. The van der Waals surface area contributed by atoms with Crippen LogP contribution in [0.4, 0.5) is 4.39 Å². The SMILES string of the molecule is CCNC(=NCc1ccccc1F)NCCOc1ccccc1. The molecule has 5 heteroatoms. The molecule has 2 rings (SSSR count). The molecule has 0 radical (unpaired) electrons. The minimum Gasteiger partial charge on any atom is -0.492 e. The largest absolute Gasteiger partial charge is 0.492 e. The Morgan fingerprint density at radius 2 is 1.78 bits per heavy atom. The number of guanidine groups is 1. The van der Waals surface area contributed by atoms with Crippen LogP contribution in [0.1, 0.15) is 12.5 Å². The van der Waals surface area contributed by atoms with Gasteiger partial charge in [-0.05, 0) is 25.1 Å². The predicted octanol–water partition coefficient (Wildman–Crippen LogP) is 2.96. The van der Waals surface area contributed by atoms with Crippen molar-refractivity contribution in [3.8, 4) is 5.75 Å². The fourth-order valence-electron chi connectivity index (χ4n) is 1.99. The number of nitrogens with one attached hydrogen (secondary N) is 2. The van der Waals surface area contributed by atoms with Gasteiger partial charge in [0.15, 0.2) is 5.96 Å². The van der Waals surface area contributed by atoms with E-state index in [0.29, 0.717) is 31.2 Å². The zero-order chi connectivity index (χ0) is 16.3. The monoisotopic (exact) mass is 315 g/mol. The van der Waals surface area contributed by atoms with E-state index in [1.54, 1.807) is 12.1 Å². The second-order valence-electron chi connectivity index (χ2n) is 4.87. The summed E-state index contributed by atoms with van der Waals surface area (Å²) >= 11 is 0. The zero-order valence-corrected chi connectivity index (χ0v) is 13.3. The van der Waals surface area contributed by atoms with Gasteiger partial charge in [-0.2, -0.15) is 0 Å². The van der Waals surface area contributed by atoms with Crippen LogP contribution in [-0.2, 0) is 6.54 Å². The fourth-order valence-corrected chi connectivity index (χ4v) is 1.99. The molecule has 0 atom stereocenters. The third-order valence-electron chi connectivity index (χ3n) is 3.12. The molecule has 0 amide bonds. The first-order valence-corrected chi connectivity index (χ1v) is 7.73. The Balaban J connectivity index is 1.81. The summed E-state index contributed by atoms with van der Waals surface area (Å²) < 4.78 is 19.2. The van der Waals surface area contributed by atoms with Crippen LogP contribution in [0.5, 0.6) is 5.75 Å². The summed E-state index contributed by atoms with van der Waals surface area (Å²) in [4.78, 5) is 4.39. The highest BCUT2D eigenvalue weighted by atomic mass is 19.1. The lowest BCUT2D eigenvalue weighted by Gasteiger charge is -2.12. The average molecular weight is 315 g/mol. The van der Waals surface area contributed by atoms with Crippen molar-refractivity contribution in [3.05, 3.63) is 66.0 Å². The molecule has 0 saturated heterocycles. The van der Waals surface area contributed by atoms with Gasteiger partial charge in [-0.15, -0.1) is 0 Å². The van der Waals surface area contributed by atoms with Gasteiger partial charge in [-0.25, -0.2) is 9.38 Å². The molecule has 0 saturated carbocycles. The van der Waals surface area contributed by atoms with E-state index >= 15 is 0 Å². The van der Waals surface area contributed by atoms with E-state index in [1.165, 1.54) is 6.07 Å². The average Bonchev–Trinajstić information content (AvgIpc) is 2.58. The summed E-state index contributed by atoms with van der Waals surface area (Å²) in [5.41, 5.74) is 0.574.